The molecule has 2 rings (SSSR count). The fraction of sp³-hybridized carbons (Fsp3) is 0.0769. The van der Waals surface area contributed by atoms with Crippen LogP contribution in [0.5, 0.6) is 0 Å². The minimum atomic E-state index is -1.03. The Bertz CT molecular complexity index is 593. The van der Waals surface area contributed by atoms with Crippen molar-refractivity contribution in [3.05, 3.63) is 63.6 Å². The molecule has 0 unspecified atom stereocenters. The number of nitrogens with one attached hydrogen (secondary N) is 1. The Morgan fingerprint density at radius 2 is 1.58 bits per heavy atom. The van der Waals surface area contributed by atoms with Crippen molar-refractivity contribution in [2.24, 2.45) is 0 Å². The Balaban J connectivity index is 2.22. The van der Waals surface area contributed by atoms with E-state index in [1.807, 2.05) is 0 Å². The summed E-state index contributed by atoms with van der Waals surface area (Å²) < 4.78 is 53.6. The Kier molecular flexibility index (Phi) is 4.09. The summed E-state index contributed by atoms with van der Waals surface area (Å²) in [6.45, 7) is -0.223. The van der Waals surface area contributed by atoms with Gasteiger partial charge in [0.25, 0.3) is 0 Å². The molecule has 19 heavy (non-hydrogen) atoms. The van der Waals surface area contributed by atoms with Crippen LogP contribution in [-0.2, 0) is 6.54 Å². The average molecular weight is 334 g/mol. The molecule has 0 spiro atoms. The lowest BCUT2D eigenvalue weighted by molar-refractivity contribution is 0.500. The molecule has 2 aromatic rings. The smallest absolute Gasteiger partial charge is 0.163 e. The highest BCUT2D eigenvalue weighted by molar-refractivity contribution is 9.10. The van der Waals surface area contributed by atoms with E-state index >= 15 is 0 Å². The summed E-state index contributed by atoms with van der Waals surface area (Å²) in [7, 11) is 0. The highest BCUT2D eigenvalue weighted by Crippen LogP contribution is 2.24. The van der Waals surface area contributed by atoms with Crippen LogP contribution in [0.2, 0.25) is 0 Å². The van der Waals surface area contributed by atoms with E-state index in [-0.39, 0.29) is 22.3 Å². The number of anilines is 1. The topological polar surface area (TPSA) is 12.0 Å². The Morgan fingerprint density at radius 1 is 0.947 bits per heavy atom. The number of benzene rings is 2. The highest BCUT2D eigenvalue weighted by atomic mass is 79.9. The quantitative estimate of drug-likeness (QED) is 0.808. The molecule has 1 nitrogen and oxygen atoms in total. The third kappa shape index (κ3) is 3.07. The lowest BCUT2D eigenvalue weighted by atomic mass is 10.2. The molecule has 0 aliphatic heterocycles. The van der Waals surface area contributed by atoms with Crippen LogP contribution < -0.4 is 5.32 Å². The van der Waals surface area contributed by atoms with Crippen molar-refractivity contribution in [2.45, 2.75) is 6.54 Å². The van der Waals surface area contributed by atoms with Crippen LogP contribution in [0.3, 0.4) is 0 Å². The molecule has 1 N–H and O–H groups in total. The first-order valence-corrected chi connectivity index (χ1v) is 6.09. The minimum Gasteiger partial charge on any atom is -0.376 e. The van der Waals surface area contributed by atoms with Gasteiger partial charge in [0.05, 0.1) is 0 Å². The van der Waals surface area contributed by atoms with E-state index < -0.39 is 23.3 Å². The Labute approximate surface area is 115 Å². The van der Waals surface area contributed by atoms with Crippen molar-refractivity contribution in [3.8, 4) is 0 Å². The first-order valence-electron chi connectivity index (χ1n) is 5.30. The first kappa shape index (κ1) is 13.9. The van der Waals surface area contributed by atoms with Crippen LogP contribution in [0.25, 0.3) is 0 Å². The van der Waals surface area contributed by atoms with Crippen LogP contribution in [0.1, 0.15) is 5.56 Å². The van der Waals surface area contributed by atoms with Gasteiger partial charge in [0.1, 0.15) is 17.3 Å². The van der Waals surface area contributed by atoms with Crippen molar-refractivity contribution in [1.82, 2.24) is 0 Å². The van der Waals surface area contributed by atoms with Gasteiger partial charge in [0.2, 0.25) is 0 Å². The molecular formula is C13H8BrF4N. The van der Waals surface area contributed by atoms with E-state index in [0.717, 1.165) is 18.2 Å². The average Bonchev–Trinajstić information content (AvgIpc) is 2.33. The van der Waals surface area contributed by atoms with Crippen LogP contribution in [0, 0.1) is 23.3 Å². The van der Waals surface area contributed by atoms with Gasteiger partial charge < -0.3 is 5.32 Å². The van der Waals surface area contributed by atoms with Gasteiger partial charge in [-0.15, -0.1) is 0 Å². The van der Waals surface area contributed by atoms with Gasteiger partial charge in [-0.3, -0.25) is 0 Å². The maximum absolute atomic E-state index is 13.5. The van der Waals surface area contributed by atoms with Gasteiger partial charge in [-0.1, -0.05) is 28.1 Å². The first-order chi connectivity index (χ1) is 8.99. The second kappa shape index (κ2) is 5.61. The number of halogens is 5. The lowest BCUT2D eigenvalue weighted by Crippen LogP contribution is -2.06. The summed E-state index contributed by atoms with van der Waals surface area (Å²) >= 11 is 2.95. The molecule has 0 saturated heterocycles. The third-order valence-electron chi connectivity index (χ3n) is 2.49. The minimum absolute atomic E-state index is 0.0123. The molecule has 0 aromatic heterocycles. The molecule has 0 heterocycles. The molecule has 0 saturated carbocycles. The SMILES string of the molecule is Fc1cccc(CNc2c(F)cc(Br)cc2F)c1F. The van der Waals surface area contributed by atoms with Crippen molar-refractivity contribution in [3.63, 3.8) is 0 Å². The van der Waals surface area contributed by atoms with Crippen LogP contribution in [0.4, 0.5) is 23.2 Å². The fourth-order valence-electron chi connectivity index (χ4n) is 1.58. The maximum atomic E-state index is 13.5. The fourth-order valence-corrected chi connectivity index (χ4v) is 1.98. The van der Waals surface area contributed by atoms with E-state index in [1.54, 1.807) is 0 Å². The van der Waals surface area contributed by atoms with Crippen LogP contribution in [0.15, 0.2) is 34.8 Å². The molecular weight excluding hydrogens is 326 g/mol. The number of hydrogen-bond donors (Lipinski definition) is 1. The zero-order valence-corrected chi connectivity index (χ0v) is 11.1. The summed E-state index contributed by atoms with van der Waals surface area (Å²) in [4.78, 5) is 0. The second-order valence-corrected chi connectivity index (χ2v) is 4.73. The van der Waals surface area contributed by atoms with Gasteiger partial charge in [-0.2, -0.15) is 0 Å². The maximum Gasteiger partial charge on any atom is 0.163 e. The molecule has 0 atom stereocenters. The summed E-state index contributed by atoms with van der Waals surface area (Å²) in [6.07, 6.45) is 0. The Hall–Kier alpha value is -1.56. The van der Waals surface area contributed by atoms with Gasteiger partial charge in [-0.25, -0.2) is 17.6 Å². The molecule has 0 fully saturated rings. The molecule has 0 aliphatic rings. The van der Waals surface area contributed by atoms with Crippen molar-refractivity contribution in [1.29, 1.82) is 0 Å². The van der Waals surface area contributed by atoms with Gasteiger partial charge in [0, 0.05) is 16.6 Å². The van der Waals surface area contributed by atoms with Crippen LogP contribution in [-0.4, -0.2) is 0 Å². The van der Waals surface area contributed by atoms with Gasteiger partial charge >= 0.3 is 0 Å². The van der Waals surface area contributed by atoms with Crippen molar-refractivity contribution in [2.75, 3.05) is 5.32 Å². The zero-order chi connectivity index (χ0) is 14.0. The molecule has 6 heteroatoms. The van der Waals surface area contributed by atoms with E-state index in [9.17, 15) is 17.6 Å². The van der Waals surface area contributed by atoms with Gasteiger partial charge in [-0.05, 0) is 18.2 Å². The molecule has 0 amide bonds. The zero-order valence-electron chi connectivity index (χ0n) is 9.48. The largest absolute Gasteiger partial charge is 0.376 e. The standard InChI is InChI=1S/C13H8BrF4N/c14-8-4-10(16)13(11(17)5-8)19-6-7-2-1-3-9(15)12(7)18/h1-5,19H,6H2. The number of hydrogen-bond acceptors (Lipinski definition) is 1. The third-order valence-corrected chi connectivity index (χ3v) is 2.95. The molecule has 0 radical (unpaired) electrons. The molecule has 100 valence electrons. The van der Waals surface area contributed by atoms with E-state index in [2.05, 4.69) is 21.2 Å². The number of rotatable bonds is 3. The highest BCUT2D eigenvalue weighted by Gasteiger charge is 2.12. The summed E-state index contributed by atoms with van der Waals surface area (Å²) in [5, 5.41) is 2.42. The second-order valence-electron chi connectivity index (χ2n) is 3.81. The summed E-state index contributed by atoms with van der Waals surface area (Å²) in [5.74, 6) is -3.67. The summed E-state index contributed by atoms with van der Waals surface area (Å²) in [5.41, 5.74) is -0.395. The van der Waals surface area contributed by atoms with E-state index in [1.165, 1.54) is 12.1 Å². The molecule has 0 aliphatic carbocycles. The predicted molar refractivity (Wildman–Crippen MR) is 67.7 cm³/mol. The van der Waals surface area contributed by atoms with Crippen molar-refractivity contribution < 1.29 is 17.6 Å². The van der Waals surface area contributed by atoms with Gasteiger partial charge in [0.15, 0.2) is 11.6 Å². The summed E-state index contributed by atoms with van der Waals surface area (Å²) in [6, 6.07) is 5.78. The van der Waals surface area contributed by atoms with E-state index in [0.29, 0.717) is 0 Å². The monoisotopic (exact) mass is 333 g/mol. The molecule has 2 aromatic carbocycles. The predicted octanol–water partition coefficient (Wildman–Crippen LogP) is 4.62. The Morgan fingerprint density at radius 3 is 2.21 bits per heavy atom. The van der Waals surface area contributed by atoms with Crippen LogP contribution >= 0.6 is 15.9 Å². The lowest BCUT2D eigenvalue weighted by Gasteiger charge is -2.10. The molecule has 0 bridgehead atoms. The van der Waals surface area contributed by atoms with E-state index in [4.69, 9.17) is 0 Å². The normalized spacial score (nSPS) is 10.6. The van der Waals surface area contributed by atoms with Crippen molar-refractivity contribution >= 4 is 21.6 Å².